The van der Waals surface area contributed by atoms with Gasteiger partial charge in [-0.15, -0.1) is 11.6 Å². The van der Waals surface area contributed by atoms with Crippen LogP contribution in [0.4, 0.5) is 5.69 Å². The highest BCUT2D eigenvalue weighted by atomic mass is 35.5. The number of alkyl halides is 1. The van der Waals surface area contributed by atoms with Crippen LogP contribution >= 0.6 is 11.6 Å². The van der Waals surface area contributed by atoms with E-state index in [-0.39, 0.29) is 0 Å². The lowest BCUT2D eigenvalue weighted by Gasteiger charge is -2.24. The third kappa shape index (κ3) is 2.32. The summed E-state index contributed by atoms with van der Waals surface area (Å²) >= 11 is 6.07. The first-order valence-corrected chi connectivity index (χ1v) is 8.44. The molecule has 1 atom stereocenters. The van der Waals surface area contributed by atoms with Crippen molar-refractivity contribution in [3.8, 4) is 5.75 Å². The largest absolute Gasteiger partial charge is 0.497 e. The molecule has 3 aromatic carbocycles. The second-order valence-corrected chi connectivity index (χ2v) is 6.26. The Hall–Kier alpha value is -2.23. The lowest BCUT2D eigenvalue weighted by Crippen LogP contribution is -2.23. The Balaban J connectivity index is 1.76. The molecule has 0 radical (unpaired) electrons. The first-order chi connectivity index (χ1) is 11.7. The molecular formula is C20H18ClNO2. The molecule has 1 aliphatic rings. The molecule has 1 heterocycles. The maximum absolute atomic E-state index is 10.8. The van der Waals surface area contributed by atoms with Crippen molar-refractivity contribution in [1.29, 1.82) is 0 Å². The number of hydrogen-bond donors (Lipinski definition) is 1. The van der Waals surface area contributed by atoms with E-state index in [0.29, 0.717) is 12.4 Å². The number of hydrogen-bond acceptors (Lipinski definition) is 3. The number of benzene rings is 3. The van der Waals surface area contributed by atoms with Gasteiger partial charge in [0.1, 0.15) is 5.75 Å². The molecule has 1 N–H and O–H groups in total. The second kappa shape index (κ2) is 6.00. The van der Waals surface area contributed by atoms with E-state index in [0.717, 1.165) is 38.9 Å². The molecule has 122 valence electrons. The number of aliphatic hydroxyl groups excluding tert-OH is 1. The highest BCUT2D eigenvalue weighted by Crippen LogP contribution is 2.45. The van der Waals surface area contributed by atoms with Crippen LogP contribution in [0.15, 0.2) is 54.6 Å². The molecule has 4 heteroatoms. The van der Waals surface area contributed by atoms with E-state index in [1.165, 1.54) is 0 Å². The minimum absolute atomic E-state index is 0.467. The summed E-state index contributed by atoms with van der Waals surface area (Å²) in [6.45, 7) is 0.634. The van der Waals surface area contributed by atoms with Gasteiger partial charge in [0, 0.05) is 29.1 Å². The van der Waals surface area contributed by atoms with E-state index in [9.17, 15) is 5.11 Å². The van der Waals surface area contributed by atoms with E-state index in [1.807, 2.05) is 47.4 Å². The molecule has 0 spiro atoms. The molecule has 1 unspecified atom stereocenters. The van der Waals surface area contributed by atoms with Crippen LogP contribution in [0.2, 0.25) is 0 Å². The van der Waals surface area contributed by atoms with Crippen molar-refractivity contribution >= 4 is 28.1 Å². The fourth-order valence-electron chi connectivity index (χ4n) is 3.45. The molecule has 3 aromatic rings. The predicted octanol–water partition coefficient (Wildman–Crippen LogP) is 4.60. The third-order valence-electron chi connectivity index (χ3n) is 4.68. The number of anilines is 1. The van der Waals surface area contributed by atoms with Crippen molar-refractivity contribution < 1.29 is 9.84 Å². The fourth-order valence-corrected chi connectivity index (χ4v) is 3.68. The monoisotopic (exact) mass is 339 g/mol. The molecule has 0 bridgehead atoms. The topological polar surface area (TPSA) is 32.7 Å². The van der Waals surface area contributed by atoms with Gasteiger partial charge in [0.05, 0.1) is 7.11 Å². The standard InChI is InChI=1S/C20H18ClNO2/c1-24-15-8-5-13(6-9-15)12-22-18-10-7-14(11-21)16-3-2-4-17(19(16)18)20(22)23/h2-10,20,23H,11-12H2,1H3. The van der Waals surface area contributed by atoms with Crippen LogP contribution in [0.3, 0.4) is 0 Å². The van der Waals surface area contributed by atoms with Gasteiger partial charge in [-0.05, 0) is 34.7 Å². The Kier molecular flexibility index (Phi) is 3.83. The summed E-state index contributed by atoms with van der Waals surface area (Å²) in [5.41, 5.74) is 4.22. The fraction of sp³-hybridized carbons (Fsp3) is 0.200. The lowest BCUT2D eigenvalue weighted by molar-refractivity contribution is 0.176. The predicted molar refractivity (Wildman–Crippen MR) is 97.6 cm³/mol. The highest BCUT2D eigenvalue weighted by Gasteiger charge is 2.30. The Morgan fingerprint density at radius 1 is 1.08 bits per heavy atom. The molecule has 3 nitrogen and oxygen atoms in total. The van der Waals surface area contributed by atoms with Gasteiger partial charge in [-0.3, -0.25) is 0 Å². The SMILES string of the molecule is COc1ccc(CN2c3ccc(CCl)c4cccc(c34)C2O)cc1. The van der Waals surface area contributed by atoms with E-state index < -0.39 is 6.23 Å². The molecule has 0 saturated carbocycles. The van der Waals surface area contributed by atoms with Gasteiger partial charge in [0.2, 0.25) is 0 Å². The van der Waals surface area contributed by atoms with Crippen molar-refractivity contribution in [2.75, 3.05) is 12.0 Å². The first-order valence-electron chi connectivity index (χ1n) is 7.91. The average molecular weight is 340 g/mol. The van der Waals surface area contributed by atoms with Gasteiger partial charge in [0.15, 0.2) is 6.23 Å². The molecule has 4 rings (SSSR count). The van der Waals surface area contributed by atoms with Gasteiger partial charge in [-0.2, -0.15) is 0 Å². The van der Waals surface area contributed by atoms with E-state index in [2.05, 4.69) is 12.1 Å². The maximum Gasteiger partial charge on any atom is 0.154 e. The summed E-state index contributed by atoms with van der Waals surface area (Å²) in [5, 5.41) is 13.0. The van der Waals surface area contributed by atoms with Gasteiger partial charge in [-0.1, -0.05) is 36.4 Å². The van der Waals surface area contributed by atoms with Crippen LogP contribution in [0.25, 0.3) is 10.8 Å². The number of aliphatic hydroxyl groups is 1. The van der Waals surface area contributed by atoms with Crippen molar-refractivity contribution in [3.63, 3.8) is 0 Å². The van der Waals surface area contributed by atoms with Crippen LogP contribution in [-0.4, -0.2) is 12.2 Å². The Bertz CT molecular complexity index is 892. The van der Waals surface area contributed by atoms with Crippen molar-refractivity contribution in [1.82, 2.24) is 0 Å². The Labute approximate surface area is 146 Å². The van der Waals surface area contributed by atoms with Gasteiger partial charge < -0.3 is 14.7 Å². The van der Waals surface area contributed by atoms with Crippen molar-refractivity contribution in [2.45, 2.75) is 18.7 Å². The van der Waals surface area contributed by atoms with Crippen LogP contribution in [-0.2, 0) is 12.4 Å². The van der Waals surface area contributed by atoms with Crippen LogP contribution in [0, 0.1) is 0 Å². The Morgan fingerprint density at radius 2 is 1.88 bits per heavy atom. The number of nitrogens with zero attached hydrogens (tertiary/aromatic N) is 1. The van der Waals surface area contributed by atoms with Crippen LogP contribution in [0.1, 0.15) is 22.9 Å². The molecule has 0 aromatic heterocycles. The summed E-state index contributed by atoms with van der Waals surface area (Å²) in [6, 6.07) is 18.1. The normalized spacial score (nSPS) is 16.0. The zero-order valence-corrected chi connectivity index (χ0v) is 14.1. The zero-order chi connectivity index (χ0) is 16.7. The van der Waals surface area contributed by atoms with E-state index in [4.69, 9.17) is 16.3 Å². The average Bonchev–Trinajstić information content (AvgIpc) is 2.90. The summed E-state index contributed by atoms with van der Waals surface area (Å²) < 4.78 is 5.21. The lowest BCUT2D eigenvalue weighted by atomic mass is 10.0. The quantitative estimate of drug-likeness (QED) is 0.705. The highest BCUT2D eigenvalue weighted by molar-refractivity contribution is 6.18. The summed E-state index contributed by atoms with van der Waals surface area (Å²) in [6.07, 6.45) is -0.642. The molecule has 0 aliphatic carbocycles. The van der Waals surface area contributed by atoms with Crippen molar-refractivity contribution in [2.24, 2.45) is 0 Å². The number of methoxy groups -OCH3 is 1. The van der Waals surface area contributed by atoms with E-state index in [1.54, 1.807) is 7.11 Å². The molecular weight excluding hydrogens is 322 g/mol. The molecule has 0 fully saturated rings. The van der Waals surface area contributed by atoms with Crippen LogP contribution < -0.4 is 9.64 Å². The third-order valence-corrected chi connectivity index (χ3v) is 4.97. The van der Waals surface area contributed by atoms with E-state index >= 15 is 0 Å². The number of rotatable bonds is 4. The maximum atomic E-state index is 10.8. The first kappa shape index (κ1) is 15.3. The minimum atomic E-state index is -0.642. The van der Waals surface area contributed by atoms with Gasteiger partial charge >= 0.3 is 0 Å². The van der Waals surface area contributed by atoms with Gasteiger partial charge in [0.25, 0.3) is 0 Å². The van der Waals surface area contributed by atoms with Crippen molar-refractivity contribution in [3.05, 3.63) is 71.3 Å². The second-order valence-electron chi connectivity index (χ2n) is 6.00. The molecule has 0 saturated heterocycles. The smallest absolute Gasteiger partial charge is 0.154 e. The number of ether oxygens (including phenoxy) is 1. The Morgan fingerprint density at radius 3 is 2.58 bits per heavy atom. The minimum Gasteiger partial charge on any atom is -0.497 e. The summed E-state index contributed by atoms with van der Waals surface area (Å²) in [7, 11) is 1.66. The molecule has 0 amide bonds. The van der Waals surface area contributed by atoms with Crippen LogP contribution in [0.5, 0.6) is 5.75 Å². The molecule has 1 aliphatic heterocycles. The van der Waals surface area contributed by atoms with Gasteiger partial charge in [-0.25, -0.2) is 0 Å². The number of halogens is 1. The summed E-state index contributed by atoms with van der Waals surface area (Å²) in [4.78, 5) is 2.03. The molecule has 24 heavy (non-hydrogen) atoms. The zero-order valence-electron chi connectivity index (χ0n) is 13.4. The summed E-state index contributed by atoms with van der Waals surface area (Å²) in [5.74, 6) is 1.30.